The average molecular weight is 373 g/mol. The van der Waals surface area contributed by atoms with Crippen molar-refractivity contribution in [3.05, 3.63) is 71.5 Å². The highest BCUT2D eigenvalue weighted by Gasteiger charge is 2.26. The Morgan fingerprint density at radius 3 is 2.48 bits per heavy atom. The number of nitrogens with zero attached hydrogens (tertiary/aromatic N) is 1. The minimum absolute atomic E-state index is 0.0313. The number of aliphatic hydroxyl groups is 1. The fraction of sp³-hybridized carbons (Fsp3) is 0.211. The summed E-state index contributed by atoms with van der Waals surface area (Å²) in [5.41, 5.74) is 3.57. The number of amides is 2. The lowest BCUT2D eigenvalue weighted by Gasteiger charge is -2.19. The fourth-order valence-electron chi connectivity index (χ4n) is 2.09. The van der Waals surface area contributed by atoms with Gasteiger partial charge in [-0.25, -0.2) is 14.6 Å². The van der Waals surface area contributed by atoms with Gasteiger partial charge in [0.25, 0.3) is 5.91 Å². The number of benzene rings is 2. The van der Waals surface area contributed by atoms with Gasteiger partial charge in [-0.15, -0.1) is 0 Å². The zero-order valence-corrected chi connectivity index (χ0v) is 14.6. The van der Waals surface area contributed by atoms with Crippen molar-refractivity contribution in [2.75, 3.05) is 0 Å². The van der Waals surface area contributed by atoms with Gasteiger partial charge in [0.2, 0.25) is 0 Å². The van der Waals surface area contributed by atoms with Gasteiger partial charge in [0, 0.05) is 0 Å². The van der Waals surface area contributed by atoms with Crippen molar-refractivity contribution in [3.8, 4) is 0 Å². The molecule has 27 heavy (non-hydrogen) atoms. The van der Waals surface area contributed by atoms with Crippen molar-refractivity contribution in [1.82, 2.24) is 10.7 Å². The number of hydrogen-bond acceptors (Lipinski definition) is 5. The molecule has 0 heterocycles. The summed E-state index contributed by atoms with van der Waals surface area (Å²) >= 11 is 0. The number of ether oxygens (including phenoxy) is 1. The Hall–Kier alpha value is -3.26. The van der Waals surface area contributed by atoms with E-state index >= 15 is 0 Å². The van der Waals surface area contributed by atoms with Gasteiger partial charge in [0.05, 0.1) is 12.3 Å². The molecule has 7 nitrogen and oxygen atoms in total. The van der Waals surface area contributed by atoms with Crippen LogP contribution in [0, 0.1) is 5.82 Å². The smallest absolute Gasteiger partial charge is 0.408 e. The first kappa shape index (κ1) is 20.1. The predicted molar refractivity (Wildman–Crippen MR) is 97.4 cm³/mol. The Kier molecular flexibility index (Phi) is 7.45. The summed E-state index contributed by atoms with van der Waals surface area (Å²) in [4.78, 5) is 24.0. The summed E-state index contributed by atoms with van der Waals surface area (Å²) in [7, 11) is 0. The average Bonchev–Trinajstić information content (AvgIpc) is 2.66. The Morgan fingerprint density at radius 1 is 1.19 bits per heavy atom. The minimum Gasteiger partial charge on any atom is -0.445 e. The summed E-state index contributed by atoms with van der Waals surface area (Å²) in [6.45, 7) is 1.38. The SMILES string of the molecule is C[C@@H](O)[C@@H](NC(=O)OCc1ccccc1)C(=O)N/N=C\c1ccc(F)cc1. The third kappa shape index (κ3) is 6.87. The Morgan fingerprint density at radius 2 is 1.85 bits per heavy atom. The van der Waals surface area contributed by atoms with E-state index in [9.17, 15) is 19.1 Å². The second-order valence-corrected chi connectivity index (χ2v) is 5.71. The maximum Gasteiger partial charge on any atom is 0.408 e. The van der Waals surface area contributed by atoms with Crippen LogP contribution in [-0.4, -0.2) is 35.5 Å². The van der Waals surface area contributed by atoms with Crippen LogP contribution in [0.25, 0.3) is 0 Å². The second-order valence-electron chi connectivity index (χ2n) is 5.71. The van der Waals surface area contributed by atoms with Gasteiger partial charge < -0.3 is 15.2 Å². The lowest BCUT2D eigenvalue weighted by atomic mass is 10.2. The normalized spacial score (nSPS) is 13.0. The molecule has 2 rings (SSSR count). The monoisotopic (exact) mass is 373 g/mol. The van der Waals surface area contributed by atoms with Crippen molar-refractivity contribution >= 4 is 18.2 Å². The second kappa shape index (κ2) is 10.0. The van der Waals surface area contributed by atoms with Crippen molar-refractivity contribution in [2.24, 2.45) is 5.10 Å². The van der Waals surface area contributed by atoms with Gasteiger partial charge in [-0.2, -0.15) is 5.10 Å². The molecule has 2 amide bonds. The predicted octanol–water partition coefficient (Wildman–Crippen LogP) is 1.95. The van der Waals surface area contributed by atoms with Crippen molar-refractivity contribution in [2.45, 2.75) is 25.7 Å². The highest BCUT2D eigenvalue weighted by molar-refractivity contribution is 5.87. The highest BCUT2D eigenvalue weighted by Crippen LogP contribution is 2.02. The van der Waals surface area contributed by atoms with E-state index in [4.69, 9.17) is 4.74 Å². The van der Waals surface area contributed by atoms with Gasteiger partial charge in [-0.05, 0) is 30.2 Å². The zero-order chi connectivity index (χ0) is 19.6. The van der Waals surface area contributed by atoms with Crippen LogP contribution >= 0.6 is 0 Å². The quantitative estimate of drug-likeness (QED) is 0.510. The lowest BCUT2D eigenvalue weighted by Crippen LogP contribution is -2.51. The van der Waals surface area contributed by atoms with Crippen LogP contribution in [0.3, 0.4) is 0 Å². The molecule has 2 aromatic rings. The summed E-state index contributed by atoms with van der Waals surface area (Å²) < 4.78 is 17.9. The van der Waals surface area contributed by atoms with E-state index in [0.29, 0.717) is 5.56 Å². The van der Waals surface area contributed by atoms with Crippen molar-refractivity contribution in [1.29, 1.82) is 0 Å². The van der Waals surface area contributed by atoms with Crippen molar-refractivity contribution < 1.29 is 23.8 Å². The highest BCUT2D eigenvalue weighted by atomic mass is 19.1. The van der Waals surface area contributed by atoms with E-state index in [1.165, 1.54) is 37.4 Å². The Labute approximate surface area is 155 Å². The number of carbonyl (C=O) groups is 2. The van der Waals surface area contributed by atoms with Gasteiger partial charge in [-0.3, -0.25) is 4.79 Å². The molecule has 2 atom stereocenters. The maximum absolute atomic E-state index is 12.8. The van der Waals surface area contributed by atoms with Crippen LogP contribution in [0.4, 0.5) is 9.18 Å². The number of rotatable bonds is 7. The maximum atomic E-state index is 12.8. The zero-order valence-electron chi connectivity index (χ0n) is 14.6. The van der Waals surface area contributed by atoms with Crippen LogP contribution < -0.4 is 10.7 Å². The molecule has 0 fully saturated rings. The van der Waals surface area contributed by atoms with Crippen molar-refractivity contribution in [3.63, 3.8) is 0 Å². The van der Waals surface area contributed by atoms with Crippen LogP contribution in [0.1, 0.15) is 18.1 Å². The summed E-state index contributed by atoms with van der Waals surface area (Å²) in [6.07, 6.45) is -0.706. The van der Waals surface area contributed by atoms with Gasteiger partial charge in [-0.1, -0.05) is 42.5 Å². The number of halogens is 1. The molecule has 0 saturated carbocycles. The standard InChI is InChI=1S/C19H20FN3O4/c1-13(24)17(22-19(26)27-12-15-5-3-2-4-6-15)18(25)23-21-11-14-7-9-16(20)10-8-14/h2-11,13,17,24H,12H2,1H3,(H,22,26)(H,23,25)/b21-11-/t13-,17-/m1/s1. The first-order valence-electron chi connectivity index (χ1n) is 8.19. The van der Waals surface area contributed by atoms with E-state index in [1.807, 2.05) is 18.2 Å². The number of hydrazone groups is 1. The molecule has 3 N–H and O–H groups in total. The summed E-state index contributed by atoms with van der Waals surface area (Å²) in [5, 5.41) is 15.8. The first-order chi connectivity index (χ1) is 13.0. The summed E-state index contributed by atoms with van der Waals surface area (Å²) in [6, 6.07) is 13.3. The molecular weight excluding hydrogens is 353 g/mol. The number of alkyl carbamates (subject to hydrolysis) is 1. The van der Waals surface area contributed by atoms with Gasteiger partial charge in [0.15, 0.2) is 0 Å². The third-order valence-corrected chi connectivity index (χ3v) is 3.51. The van der Waals surface area contributed by atoms with Crippen LogP contribution in [0.15, 0.2) is 59.7 Å². The number of hydrogen-bond donors (Lipinski definition) is 3. The number of carbonyl (C=O) groups excluding carboxylic acids is 2. The minimum atomic E-state index is -1.25. The molecule has 0 aromatic heterocycles. The molecule has 2 aromatic carbocycles. The fourth-order valence-corrected chi connectivity index (χ4v) is 2.09. The molecule has 0 radical (unpaired) electrons. The van der Waals surface area contributed by atoms with E-state index in [0.717, 1.165) is 5.56 Å². The van der Waals surface area contributed by atoms with E-state index in [-0.39, 0.29) is 12.4 Å². The molecule has 0 bridgehead atoms. The molecule has 0 unspecified atom stereocenters. The van der Waals surface area contributed by atoms with E-state index < -0.39 is 24.1 Å². The lowest BCUT2D eigenvalue weighted by molar-refractivity contribution is -0.125. The topological polar surface area (TPSA) is 100 Å². The van der Waals surface area contributed by atoms with Crippen LogP contribution in [0.5, 0.6) is 0 Å². The molecule has 0 aliphatic carbocycles. The molecule has 0 spiro atoms. The first-order valence-corrected chi connectivity index (χ1v) is 8.19. The number of nitrogens with one attached hydrogen (secondary N) is 2. The van der Waals surface area contributed by atoms with Gasteiger partial charge in [0.1, 0.15) is 18.5 Å². The van der Waals surface area contributed by atoms with E-state index in [2.05, 4.69) is 15.8 Å². The molecule has 142 valence electrons. The van der Waals surface area contributed by atoms with Crippen LogP contribution in [-0.2, 0) is 16.1 Å². The van der Waals surface area contributed by atoms with E-state index in [1.54, 1.807) is 12.1 Å². The Bertz CT molecular complexity index is 779. The molecule has 0 saturated heterocycles. The van der Waals surface area contributed by atoms with Gasteiger partial charge >= 0.3 is 6.09 Å². The number of aliphatic hydroxyl groups excluding tert-OH is 1. The Balaban J connectivity index is 1.86. The summed E-state index contributed by atoms with van der Waals surface area (Å²) in [5.74, 6) is -1.11. The third-order valence-electron chi connectivity index (χ3n) is 3.51. The molecular formula is C19H20FN3O4. The molecule has 8 heteroatoms. The molecule has 0 aliphatic rings. The largest absolute Gasteiger partial charge is 0.445 e. The van der Waals surface area contributed by atoms with Crippen LogP contribution in [0.2, 0.25) is 0 Å². The molecule has 0 aliphatic heterocycles.